The predicted octanol–water partition coefficient (Wildman–Crippen LogP) is 3.52. The van der Waals surface area contributed by atoms with Crippen molar-refractivity contribution in [1.82, 2.24) is 15.3 Å². The monoisotopic (exact) mass is 389 g/mol. The number of carbonyl (C=O) groups is 1. The van der Waals surface area contributed by atoms with E-state index in [9.17, 15) is 4.79 Å². The summed E-state index contributed by atoms with van der Waals surface area (Å²) < 4.78 is 11.8. The first kappa shape index (κ1) is 19.8. The number of aryl methyl sites for hydroxylation is 1. The first-order valence-electron chi connectivity index (χ1n) is 9.32. The van der Waals surface area contributed by atoms with Crippen LogP contribution in [0.25, 0.3) is 11.3 Å². The molecule has 0 saturated heterocycles. The third kappa shape index (κ3) is 5.26. The summed E-state index contributed by atoms with van der Waals surface area (Å²) in [5.41, 5.74) is 3.08. The van der Waals surface area contributed by atoms with E-state index in [0.29, 0.717) is 25.0 Å². The summed E-state index contributed by atoms with van der Waals surface area (Å²) in [6.07, 6.45) is 4.00. The van der Waals surface area contributed by atoms with E-state index in [1.807, 2.05) is 26.8 Å². The average molecular weight is 390 g/mol. The molecule has 2 aromatic heterocycles. The molecule has 1 saturated carbocycles. The molecule has 2 aromatic rings. The number of pyridine rings is 1. The van der Waals surface area contributed by atoms with Crippen LogP contribution < -0.4 is 10.1 Å². The van der Waals surface area contributed by atoms with E-state index < -0.39 is 0 Å². The van der Waals surface area contributed by atoms with Gasteiger partial charge in [0.25, 0.3) is 0 Å². The minimum Gasteiger partial charge on any atom is -0.477 e. The molecule has 1 N–H and O–H groups in total. The molecule has 0 spiro atoms. The van der Waals surface area contributed by atoms with Crippen LogP contribution in [0.15, 0.2) is 17.6 Å². The Morgan fingerprint density at radius 3 is 2.85 bits per heavy atom. The van der Waals surface area contributed by atoms with Crippen LogP contribution in [0.1, 0.15) is 37.3 Å². The minimum absolute atomic E-state index is 0.0242. The van der Waals surface area contributed by atoms with Crippen molar-refractivity contribution in [1.29, 1.82) is 0 Å². The molecule has 1 fully saturated rings. The number of aromatic nitrogens is 2. The highest BCUT2D eigenvalue weighted by molar-refractivity contribution is 7.09. The van der Waals surface area contributed by atoms with Gasteiger partial charge < -0.3 is 14.8 Å². The SMILES string of the molecule is CC(=O)N[C@@H](C)COC1CC(COc2nccc(-c3csc(C)n3)c2C)C1. The Morgan fingerprint density at radius 2 is 2.19 bits per heavy atom. The Hall–Kier alpha value is -1.99. The highest BCUT2D eigenvalue weighted by atomic mass is 32.1. The number of rotatable bonds is 8. The molecular formula is C20H27N3O3S. The topological polar surface area (TPSA) is 73.3 Å². The van der Waals surface area contributed by atoms with Crippen LogP contribution in [0.5, 0.6) is 5.88 Å². The maximum Gasteiger partial charge on any atom is 0.217 e. The van der Waals surface area contributed by atoms with Crippen molar-refractivity contribution in [2.45, 2.75) is 52.7 Å². The average Bonchev–Trinajstić information content (AvgIpc) is 2.99. The Morgan fingerprint density at radius 1 is 1.41 bits per heavy atom. The number of amides is 1. The van der Waals surface area contributed by atoms with Gasteiger partial charge in [-0.05, 0) is 45.6 Å². The maximum atomic E-state index is 11.0. The molecule has 7 heteroatoms. The zero-order chi connectivity index (χ0) is 19.4. The second-order valence-electron chi connectivity index (χ2n) is 7.25. The van der Waals surface area contributed by atoms with Crippen molar-refractivity contribution in [3.8, 4) is 17.1 Å². The molecule has 0 radical (unpaired) electrons. The van der Waals surface area contributed by atoms with Gasteiger partial charge in [-0.15, -0.1) is 11.3 Å². The van der Waals surface area contributed by atoms with Crippen LogP contribution in [-0.4, -0.2) is 41.2 Å². The lowest BCUT2D eigenvalue weighted by atomic mass is 9.83. The smallest absolute Gasteiger partial charge is 0.217 e. The van der Waals surface area contributed by atoms with Crippen LogP contribution in [0.2, 0.25) is 0 Å². The van der Waals surface area contributed by atoms with E-state index in [1.165, 1.54) is 6.92 Å². The third-order valence-electron chi connectivity index (χ3n) is 4.73. The van der Waals surface area contributed by atoms with E-state index in [0.717, 1.165) is 34.7 Å². The van der Waals surface area contributed by atoms with Crippen LogP contribution in [0.3, 0.4) is 0 Å². The van der Waals surface area contributed by atoms with Gasteiger partial charge in [-0.1, -0.05) is 0 Å². The molecule has 6 nitrogen and oxygen atoms in total. The van der Waals surface area contributed by atoms with E-state index in [2.05, 4.69) is 20.7 Å². The molecule has 1 atom stereocenters. The lowest BCUT2D eigenvalue weighted by molar-refractivity contribution is -0.120. The standard InChI is InChI=1S/C20H27N3O3S/c1-12(22-14(3)24)9-25-17-7-16(8-17)10-26-20-13(2)18(5-6-21-20)19-11-27-15(4)23-19/h5-6,11-12,16-17H,7-10H2,1-4H3,(H,22,24)/t12-,16?,17?/m0/s1. The summed E-state index contributed by atoms with van der Waals surface area (Å²) >= 11 is 1.65. The molecule has 1 aliphatic carbocycles. The molecule has 3 rings (SSSR count). The Bertz CT molecular complexity index is 787. The zero-order valence-electron chi connectivity index (χ0n) is 16.3. The van der Waals surface area contributed by atoms with Crippen LogP contribution in [0, 0.1) is 19.8 Å². The van der Waals surface area contributed by atoms with Crippen LogP contribution in [-0.2, 0) is 9.53 Å². The second kappa shape index (κ2) is 8.80. The third-order valence-corrected chi connectivity index (χ3v) is 5.51. The Kier molecular flexibility index (Phi) is 6.44. The summed E-state index contributed by atoms with van der Waals surface area (Å²) in [5.74, 6) is 1.14. The fourth-order valence-electron chi connectivity index (χ4n) is 3.24. The van der Waals surface area contributed by atoms with Crippen molar-refractivity contribution < 1.29 is 14.3 Å². The van der Waals surface area contributed by atoms with E-state index in [4.69, 9.17) is 9.47 Å². The van der Waals surface area contributed by atoms with Gasteiger partial charge >= 0.3 is 0 Å². The molecule has 0 unspecified atom stereocenters. The normalized spacial score (nSPS) is 20.0. The van der Waals surface area contributed by atoms with Crippen molar-refractivity contribution in [2.75, 3.05) is 13.2 Å². The van der Waals surface area contributed by atoms with Gasteiger partial charge in [0.15, 0.2) is 0 Å². The van der Waals surface area contributed by atoms with E-state index >= 15 is 0 Å². The number of nitrogens with zero attached hydrogens (tertiary/aromatic N) is 2. The highest BCUT2D eigenvalue weighted by Crippen LogP contribution is 2.33. The molecule has 1 amide bonds. The van der Waals surface area contributed by atoms with Crippen molar-refractivity contribution >= 4 is 17.2 Å². The van der Waals surface area contributed by atoms with E-state index in [-0.39, 0.29) is 18.1 Å². The fraction of sp³-hybridized carbons (Fsp3) is 0.550. The number of thiazole rings is 1. The molecule has 146 valence electrons. The number of carbonyl (C=O) groups excluding carboxylic acids is 1. The van der Waals surface area contributed by atoms with Gasteiger partial charge in [0, 0.05) is 35.7 Å². The second-order valence-corrected chi connectivity index (χ2v) is 8.31. The predicted molar refractivity (Wildman–Crippen MR) is 106 cm³/mol. The zero-order valence-corrected chi connectivity index (χ0v) is 17.1. The quantitative estimate of drug-likeness (QED) is 0.748. The highest BCUT2D eigenvalue weighted by Gasteiger charge is 2.31. The summed E-state index contributed by atoms with van der Waals surface area (Å²) in [6, 6.07) is 2.03. The Balaban J connectivity index is 1.45. The Labute approximate surface area is 164 Å². The molecule has 27 heavy (non-hydrogen) atoms. The number of hydrogen-bond acceptors (Lipinski definition) is 6. The van der Waals surface area contributed by atoms with Gasteiger partial charge in [-0.25, -0.2) is 9.97 Å². The minimum atomic E-state index is -0.0242. The van der Waals surface area contributed by atoms with Crippen molar-refractivity contribution in [2.24, 2.45) is 5.92 Å². The van der Waals surface area contributed by atoms with Crippen LogP contribution in [0.4, 0.5) is 0 Å². The largest absolute Gasteiger partial charge is 0.477 e. The number of ether oxygens (including phenoxy) is 2. The maximum absolute atomic E-state index is 11.0. The summed E-state index contributed by atoms with van der Waals surface area (Å²) in [4.78, 5) is 20.0. The summed E-state index contributed by atoms with van der Waals surface area (Å²) in [5, 5.41) is 5.95. The number of hydrogen-bond donors (Lipinski definition) is 1. The first-order valence-corrected chi connectivity index (χ1v) is 10.2. The molecule has 0 bridgehead atoms. The van der Waals surface area contributed by atoms with Gasteiger partial charge in [0.05, 0.1) is 30.0 Å². The lowest BCUT2D eigenvalue weighted by Crippen LogP contribution is -2.40. The van der Waals surface area contributed by atoms with Crippen molar-refractivity contribution in [3.63, 3.8) is 0 Å². The van der Waals surface area contributed by atoms with Crippen LogP contribution >= 0.6 is 11.3 Å². The van der Waals surface area contributed by atoms with E-state index in [1.54, 1.807) is 17.5 Å². The molecule has 1 aliphatic rings. The summed E-state index contributed by atoms with van der Waals surface area (Å²) in [6.45, 7) is 8.71. The molecular weight excluding hydrogens is 362 g/mol. The molecule has 0 aliphatic heterocycles. The molecule has 2 heterocycles. The van der Waals surface area contributed by atoms with Gasteiger partial charge in [0.2, 0.25) is 11.8 Å². The molecule has 0 aromatic carbocycles. The van der Waals surface area contributed by atoms with Gasteiger partial charge in [-0.2, -0.15) is 0 Å². The summed E-state index contributed by atoms with van der Waals surface area (Å²) in [7, 11) is 0. The van der Waals surface area contributed by atoms with Gasteiger partial charge in [-0.3, -0.25) is 4.79 Å². The van der Waals surface area contributed by atoms with Crippen molar-refractivity contribution in [3.05, 3.63) is 28.2 Å². The van der Waals surface area contributed by atoms with Gasteiger partial charge in [0.1, 0.15) is 0 Å². The lowest BCUT2D eigenvalue weighted by Gasteiger charge is -2.35. The number of nitrogens with one attached hydrogen (secondary N) is 1. The first-order chi connectivity index (χ1) is 12.9. The fourth-order valence-corrected chi connectivity index (χ4v) is 3.85.